The van der Waals surface area contributed by atoms with Gasteiger partial charge in [0.15, 0.2) is 8.32 Å². The van der Waals surface area contributed by atoms with E-state index in [0.717, 1.165) is 16.7 Å². The molecule has 2 rings (SSSR count). The molecular formula is C26H38O4SSi. The summed E-state index contributed by atoms with van der Waals surface area (Å²) < 4.78 is 37.0. The summed E-state index contributed by atoms with van der Waals surface area (Å²) in [6.07, 6.45) is 2.24. The first kappa shape index (κ1) is 26.5. The predicted molar refractivity (Wildman–Crippen MR) is 136 cm³/mol. The molecule has 0 heterocycles. The van der Waals surface area contributed by atoms with Crippen LogP contribution in [0.15, 0.2) is 60.0 Å². The van der Waals surface area contributed by atoms with Crippen LogP contribution in [0.2, 0.25) is 18.1 Å². The van der Waals surface area contributed by atoms with Gasteiger partial charge in [-0.2, -0.15) is 8.42 Å². The molecule has 0 atom stereocenters. The van der Waals surface area contributed by atoms with Crippen molar-refractivity contribution in [3.8, 4) is 0 Å². The van der Waals surface area contributed by atoms with E-state index in [1.807, 2.05) is 12.1 Å². The van der Waals surface area contributed by atoms with Crippen molar-refractivity contribution >= 4 is 24.5 Å². The van der Waals surface area contributed by atoms with Crippen molar-refractivity contribution in [1.82, 2.24) is 0 Å². The predicted octanol–water partition coefficient (Wildman–Crippen LogP) is 6.92. The fraction of sp³-hybridized carbons (Fsp3) is 0.462. The van der Waals surface area contributed by atoms with Crippen LogP contribution in [0, 0.1) is 0 Å². The second-order valence-corrected chi connectivity index (χ2v) is 16.8. The zero-order valence-corrected chi connectivity index (χ0v) is 22.4. The van der Waals surface area contributed by atoms with Gasteiger partial charge in [0.2, 0.25) is 0 Å². The Labute approximate surface area is 195 Å². The lowest BCUT2D eigenvalue weighted by Gasteiger charge is -2.37. The van der Waals surface area contributed by atoms with E-state index >= 15 is 0 Å². The topological polar surface area (TPSA) is 52.6 Å². The van der Waals surface area contributed by atoms with E-state index in [0.29, 0.717) is 13.0 Å². The van der Waals surface area contributed by atoms with Crippen molar-refractivity contribution in [2.75, 3.05) is 6.61 Å². The molecule has 32 heavy (non-hydrogen) atoms. The summed E-state index contributed by atoms with van der Waals surface area (Å²) in [6, 6.07) is 14.8. The van der Waals surface area contributed by atoms with Crippen LogP contribution in [0.1, 0.15) is 57.7 Å². The van der Waals surface area contributed by atoms with Crippen LogP contribution < -0.4 is 0 Å². The Bertz CT molecular complexity index is 1020. The molecule has 2 aromatic rings. The zero-order chi connectivity index (χ0) is 24.2. The molecule has 176 valence electrons. The van der Waals surface area contributed by atoms with E-state index in [4.69, 9.17) is 8.61 Å². The van der Waals surface area contributed by atoms with Crippen LogP contribution in [0.25, 0.3) is 6.08 Å². The lowest BCUT2D eigenvalue weighted by Crippen LogP contribution is -2.40. The van der Waals surface area contributed by atoms with Crippen LogP contribution in [0.4, 0.5) is 0 Å². The van der Waals surface area contributed by atoms with Crippen LogP contribution in [0.5, 0.6) is 0 Å². The van der Waals surface area contributed by atoms with E-state index in [-0.39, 0.29) is 22.0 Å². The summed E-state index contributed by atoms with van der Waals surface area (Å²) >= 11 is 0. The molecule has 0 N–H and O–H groups in total. The standard InChI is InChI=1S/C26H38O4SSi/c1-9-21-14-16-23(17-15-21)31(27,28)29-19-18-26(5,6)24-13-11-10-12-22(24)20-30-32(7,8)25(2,3)4/h9-17H,1,18-20H2,2-8H3. The van der Waals surface area contributed by atoms with Crippen molar-refractivity contribution < 1.29 is 17.0 Å². The molecule has 0 spiro atoms. The Kier molecular flexibility index (Phi) is 8.32. The minimum atomic E-state index is -3.80. The highest BCUT2D eigenvalue weighted by atomic mass is 32.2. The Morgan fingerprint density at radius 3 is 2.12 bits per heavy atom. The van der Waals surface area contributed by atoms with Gasteiger partial charge >= 0.3 is 0 Å². The number of rotatable bonds is 10. The molecule has 0 saturated heterocycles. The number of benzene rings is 2. The van der Waals surface area contributed by atoms with Gasteiger partial charge in [0.25, 0.3) is 10.1 Å². The first-order valence-electron chi connectivity index (χ1n) is 11.0. The Morgan fingerprint density at radius 1 is 0.969 bits per heavy atom. The summed E-state index contributed by atoms with van der Waals surface area (Å²) in [5.74, 6) is 0. The van der Waals surface area contributed by atoms with Gasteiger partial charge in [0, 0.05) is 0 Å². The maximum Gasteiger partial charge on any atom is 0.296 e. The summed E-state index contributed by atoms with van der Waals surface area (Å²) in [7, 11) is -5.67. The first-order chi connectivity index (χ1) is 14.7. The van der Waals surface area contributed by atoms with Gasteiger partial charge < -0.3 is 4.43 Å². The highest BCUT2D eigenvalue weighted by Gasteiger charge is 2.37. The molecule has 0 radical (unpaired) electrons. The molecule has 0 bridgehead atoms. The van der Waals surface area contributed by atoms with E-state index in [1.165, 1.54) is 0 Å². The highest BCUT2D eigenvalue weighted by molar-refractivity contribution is 7.86. The summed E-state index contributed by atoms with van der Waals surface area (Å²) in [5, 5.41) is 0.142. The van der Waals surface area contributed by atoms with Gasteiger partial charge in [-0.1, -0.05) is 83.7 Å². The largest absolute Gasteiger partial charge is 0.413 e. The second-order valence-electron chi connectivity index (χ2n) is 10.4. The van der Waals surface area contributed by atoms with Gasteiger partial charge in [-0.05, 0) is 58.8 Å². The van der Waals surface area contributed by atoms with E-state index < -0.39 is 18.4 Å². The van der Waals surface area contributed by atoms with Crippen LogP contribution in [0.3, 0.4) is 0 Å². The molecular weight excluding hydrogens is 436 g/mol. The lowest BCUT2D eigenvalue weighted by molar-refractivity contribution is 0.262. The Hall–Kier alpha value is -1.73. The molecule has 0 amide bonds. The average Bonchev–Trinajstić information content (AvgIpc) is 2.71. The average molecular weight is 475 g/mol. The third-order valence-corrected chi connectivity index (χ3v) is 12.3. The lowest BCUT2D eigenvalue weighted by atomic mass is 9.79. The van der Waals surface area contributed by atoms with Crippen LogP contribution >= 0.6 is 0 Å². The van der Waals surface area contributed by atoms with Gasteiger partial charge in [-0.15, -0.1) is 0 Å². The van der Waals surface area contributed by atoms with Crippen molar-refractivity contribution in [3.05, 3.63) is 71.8 Å². The smallest absolute Gasteiger partial charge is 0.296 e. The molecule has 0 aromatic heterocycles. The van der Waals surface area contributed by atoms with E-state index in [2.05, 4.69) is 66.4 Å². The highest BCUT2D eigenvalue weighted by Crippen LogP contribution is 2.38. The fourth-order valence-corrected chi connectivity index (χ4v) is 5.02. The Morgan fingerprint density at radius 2 is 1.56 bits per heavy atom. The van der Waals surface area contributed by atoms with Crippen LogP contribution in [-0.2, 0) is 30.7 Å². The maximum absolute atomic E-state index is 12.6. The second kappa shape index (κ2) is 10.0. The summed E-state index contributed by atoms with van der Waals surface area (Å²) in [6.45, 7) is 19.8. The molecule has 0 unspecified atom stereocenters. The molecule has 2 aromatic carbocycles. The number of hydrogen-bond acceptors (Lipinski definition) is 4. The fourth-order valence-electron chi connectivity index (χ4n) is 3.16. The van der Waals surface area contributed by atoms with E-state index in [1.54, 1.807) is 30.3 Å². The maximum atomic E-state index is 12.6. The molecule has 4 nitrogen and oxygen atoms in total. The van der Waals surface area contributed by atoms with Gasteiger partial charge in [0.1, 0.15) is 0 Å². The molecule has 0 aliphatic rings. The minimum Gasteiger partial charge on any atom is -0.413 e. The molecule has 0 aliphatic heterocycles. The third kappa shape index (κ3) is 6.64. The monoisotopic (exact) mass is 474 g/mol. The normalized spacial score (nSPS) is 13.2. The summed E-state index contributed by atoms with van der Waals surface area (Å²) in [5.41, 5.74) is 2.90. The minimum absolute atomic E-state index is 0.107. The number of hydrogen-bond donors (Lipinski definition) is 0. The van der Waals surface area contributed by atoms with Crippen molar-refractivity contribution in [1.29, 1.82) is 0 Å². The molecule has 6 heteroatoms. The molecule has 0 aliphatic carbocycles. The molecule has 0 saturated carbocycles. The van der Waals surface area contributed by atoms with Crippen molar-refractivity contribution in [3.63, 3.8) is 0 Å². The van der Waals surface area contributed by atoms with Crippen LogP contribution in [-0.4, -0.2) is 23.3 Å². The van der Waals surface area contributed by atoms with Crippen molar-refractivity contribution in [2.24, 2.45) is 0 Å². The first-order valence-corrected chi connectivity index (χ1v) is 15.4. The van der Waals surface area contributed by atoms with E-state index in [9.17, 15) is 8.42 Å². The quantitative estimate of drug-likeness (QED) is 0.277. The Balaban J connectivity index is 2.09. The van der Waals surface area contributed by atoms with Gasteiger partial charge in [-0.25, -0.2) is 0 Å². The SMILES string of the molecule is C=Cc1ccc(S(=O)(=O)OCCC(C)(C)c2ccccc2CO[Si](C)(C)C(C)(C)C)cc1. The zero-order valence-electron chi connectivity index (χ0n) is 20.6. The van der Waals surface area contributed by atoms with Gasteiger partial charge in [0.05, 0.1) is 18.1 Å². The summed E-state index contributed by atoms with van der Waals surface area (Å²) in [4.78, 5) is 0.157. The van der Waals surface area contributed by atoms with Gasteiger partial charge in [-0.3, -0.25) is 4.18 Å². The molecule has 0 fully saturated rings. The third-order valence-electron chi connectivity index (χ3n) is 6.51. The van der Waals surface area contributed by atoms with Crippen molar-refractivity contribution in [2.45, 2.75) is 76.1 Å².